The SMILES string of the molecule is CCCCc1cc(F)c(C2=Cc3cc(F)cc(F)c3CC2)c(F)c1. The number of halogens is 4. The van der Waals surface area contributed by atoms with Crippen LogP contribution in [0.1, 0.15) is 48.4 Å². The quantitative estimate of drug-likeness (QED) is 0.595. The van der Waals surface area contributed by atoms with E-state index in [1.54, 1.807) is 0 Å². The van der Waals surface area contributed by atoms with Crippen LogP contribution >= 0.6 is 0 Å². The van der Waals surface area contributed by atoms with Gasteiger partial charge in [0.15, 0.2) is 0 Å². The van der Waals surface area contributed by atoms with Crippen LogP contribution in [-0.2, 0) is 12.8 Å². The van der Waals surface area contributed by atoms with E-state index >= 15 is 0 Å². The molecule has 0 N–H and O–H groups in total. The van der Waals surface area contributed by atoms with Gasteiger partial charge in [0.1, 0.15) is 23.3 Å². The molecular formula is C20H18F4. The first-order chi connectivity index (χ1) is 11.5. The summed E-state index contributed by atoms with van der Waals surface area (Å²) in [4.78, 5) is 0. The molecule has 3 rings (SSSR count). The van der Waals surface area contributed by atoms with Crippen molar-refractivity contribution in [1.82, 2.24) is 0 Å². The molecule has 0 aliphatic heterocycles. The van der Waals surface area contributed by atoms with E-state index in [9.17, 15) is 17.6 Å². The van der Waals surface area contributed by atoms with Gasteiger partial charge in [-0.3, -0.25) is 0 Å². The van der Waals surface area contributed by atoms with Crippen LogP contribution in [0.3, 0.4) is 0 Å². The maximum Gasteiger partial charge on any atom is 0.133 e. The van der Waals surface area contributed by atoms with Crippen molar-refractivity contribution in [2.24, 2.45) is 0 Å². The van der Waals surface area contributed by atoms with Crippen LogP contribution in [-0.4, -0.2) is 0 Å². The standard InChI is InChI=1S/C20H18F4/c1-2-3-4-12-7-18(23)20(19(24)8-12)13-5-6-16-14(9-13)10-15(21)11-17(16)22/h7-11H,2-6H2,1H3. The summed E-state index contributed by atoms with van der Waals surface area (Å²) in [5.74, 6) is -2.55. The fourth-order valence-electron chi connectivity index (χ4n) is 3.19. The van der Waals surface area contributed by atoms with E-state index in [0.29, 0.717) is 41.5 Å². The fourth-order valence-corrected chi connectivity index (χ4v) is 3.19. The Kier molecular flexibility index (Phi) is 4.74. The zero-order valence-electron chi connectivity index (χ0n) is 13.4. The maximum atomic E-state index is 14.4. The molecule has 0 heterocycles. The summed E-state index contributed by atoms with van der Waals surface area (Å²) < 4.78 is 56.0. The molecular weight excluding hydrogens is 316 g/mol. The summed E-state index contributed by atoms with van der Waals surface area (Å²) in [6.45, 7) is 2.02. The molecule has 0 radical (unpaired) electrons. The van der Waals surface area contributed by atoms with E-state index < -0.39 is 23.3 Å². The summed E-state index contributed by atoms with van der Waals surface area (Å²) >= 11 is 0. The van der Waals surface area contributed by atoms with Gasteiger partial charge in [-0.2, -0.15) is 0 Å². The van der Waals surface area contributed by atoms with Crippen LogP contribution in [0.15, 0.2) is 24.3 Å². The molecule has 126 valence electrons. The van der Waals surface area contributed by atoms with Gasteiger partial charge in [-0.05, 0) is 66.1 Å². The van der Waals surface area contributed by atoms with Crippen LogP contribution < -0.4 is 0 Å². The lowest BCUT2D eigenvalue weighted by atomic mass is 9.87. The molecule has 0 saturated heterocycles. The van der Waals surface area contributed by atoms with Gasteiger partial charge < -0.3 is 0 Å². The summed E-state index contributed by atoms with van der Waals surface area (Å²) in [6, 6.07) is 4.75. The Bertz CT molecular complexity index is 783. The van der Waals surface area contributed by atoms with Gasteiger partial charge in [0.25, 0.3) is 0 Å². The average Bonchev–Trinajstić information content (AvgIpc) is 2.51. The van der Waals surface area contributed by atoms with E-state index in [0.717, 1.165) is 18.9 Å². The Morgan fingerprint density at radius 2 is 1.58 bits per heavy atom. The van der Waals surface area contributed by atoms with E-state index in [1.165, 1.54) is 24.3 Å². The van der Waals surface area contributed by atoms with Gasteiger partial charge in [0.05, 0.1) is 0 Å². The first-order valence-electron chi connectivity index (χ1n) is 8.16. The second kappa shape index (κ2) is 6.80. The van der Waals surface area contributed by atoms with Crippen LogP contribution in [0.2, 0.25) is 0 Å². The maximum absolute atomic E-state index is 14.4. The lowest BCUT2D eigenvalue weighted by Crippen LogP contribution is -2.06. The normalized spacial score (nSPS) is 13.6. The topological polar surface area (TPSA) is 0 Å². The molecule has 24 heavy (non-hydrogen) atoms. The third kappa shape index (κ3) is 3.23. The second-order valence-electron chi connectivity index (χ2n) is 6.16. The van der Waals surface area contributed by atoms with Gasteiger partial charge >= 0.3 is 0 Å². The average molecular weight is 334 g/mol. The largest absolute Gasteiger partial charge is 0.207 e. The zero-order valence-corrected chi connectivity index (χ0v) is 13.4. The number of fused-ring (bicyclic) bond motifs is 1. The van der Waals surface area contributed by atoms with E-state index in [2.05, 4.69) is 0 Å². The number of rotatable bonds is 4. The molecule has 0 aromatic heterocycles. The van der Waals surface area contributed by atoms with Crippen molar-refractivity contribution >= 4 is 11.6 Å². The minimum Gasteiger partial charge on any atom is -0.207 e. The molecule has 0 nitrogen and oxygen atoms in total. The van der Waals surface area contributed by atoms with E-state index in [-0.39, 0.29) is 5.56 Å². The lowest BCUT2D eigenvalue weighted by molar-refractivity contribution is 0.566. The van der Waals surface area contributed by atoms with Gasteiger partial charge in [-0.25, -0.2) is 17.6 Å². The van der Waals surface area contributed by atoms with Crippen molar-refractivity contribution in [2.75, 3.05) is 0 Å². The third-order valence-electron chi connectivity index (χ3n) is 4.41. The van der Waals surface area contributed by atoms with Crippen molar-refractivity contribution < 1.29 is 17.6 Å². The molecule has 2 aromatic rings. The Balaban J connectivity index is 2.02. The predicted molar refractivity (Wildman–Crippen MR) is 87.5 cm³/mol. The van der Waals surface area contributed by atoms with Gasteiger partial charge in [0.2, 0.25) is 0 Å². The predicted octanol–water partition coefficient (Wildman–Crippen LogP) is 6.07. The number of hydrogen-bond donors (Lipinski definition) is 0. The van der Waals surface area contributed by atoms with Crippen molar-refractivity contribution in [2.45, 2.75) is 39.0 Å². The van der Waals surface area contributed by atoms with Crippen LogP contribution in [0.4, 0.5) is 17.6 Å². The van der Waals surface area contributed by atoms with E-state index in [4.69, 9.17) is 0 Å². The molecule has 0 fully saturated rings. The number of aryl methyl sites for hydroxylation is 1. The highest BCUT2D eigenvalue weighted by atomic mass is 19.1. The second-order valence-corrected chi connectivity index (χ2v) is 6.16. The van der Waals surface area contributed by atoms with Gasteiger partial charge in [0, 0.05) is 11.6 Å². The Morgan fingerprint density at radius 1 is 0.875 bits per heavy atom. The molecule has 0 bridgehead atoms. The molecule has 0 spiro atoms. The zero-order chi connectivity index (χ0) is 17.3. The van der Waals surface area contributed by atoms with Crippen LogP contribution in [0, 0.1) is 23.3 Å². The highest BCUT2D eigenvalue weighted by Crippen LogP contribution is 2.35. The summed E-state index contributed by atoms with van der Waals surface area (Å²) in [6.07, 6.45) is 4.54. The van der Waals surface area contributed by atoms with Crippen molar-refractivity contribution in [3.63, 3.8) is 0 Å². The number of hydrogen-bond acceptors (Lipinski definition) is 0. The lowest BCUT2D eigenvalue weighted by Gasteiger charge is -2.19. The smallest absolute Gasteiger partial charge is 0.133 e. The Hall–Kier alpha value is -2.10. The molecule has 0 amide bonds. The molecule has 1 aliphatic carbocycles. The first kappa shape index (κ1) is 16.7. The molecule has 4 heteroatoms. The Labute approximate surface area is 138 Å². The fraction of sp³-hybridized carbons (Fsp3) is 0.300. The van der Waals surface area contributed by atoms with Crippen molar-refractivity contribution in [1.29, 1.82) is 0 Å². The minimum absolute atomic E-state index is 0.0921. The first-order valence-corrected chi connectivity index (χ1v) is 8.16. The van der Waals surface area contributed by atoms with Crippen LogP contribution in [0.5, 0.6) is 0 Å². The highest BCUT2D eigenvalue weighted by Gasteiger charge is 2.21. The number of allylic oxidation sites excluding steroid dienone is 1. The molecule has 1 aliphatic rings. The van der Waals surface area contributed by atoms with Crippen molar-refractivity contribution in [3.8, 4) is 0 Å². The molecule has 2 aromatic carbocycles. The van der Waals surface area contributed by atoms with E-state index in [1.807, 2.05) is 6.92 Å². The Morgan fingerprint density at radius 3 is 2.25 bits per heavy atom. The summed E-state index contributed by atoms with van der Waals surface area (Å²) in [5.41, 5.74) is 1.71. The molecule has 0 saturated carbocycles. The van der Waals surface area contributed by atoms with Crippen molar-refractivity contribution in [3.05, 3.63) is 69.8 Å². The number of benzene rings is 2. The summed E-state index contributed by atoms with van der Waals surface area (Å²) in [5, 5.41) is 0. The minimum atomic E-state index is -0.695. The monoisotopic (exact) mass is 334 g/mol. The third-order valence-corrected chi connectivity index (χ3v) is 4.41. The van der Waals surface area contributed by atoms with Gasteiger partial charge in [-0.15, -0.1) is 0 Å². The molecule has 0 unspecified atom stereocenters. The van der Waals surface area contributed by atoms with Gasteiger partial charge in [-0.1, -0.05) is 19.4 Å². The van der Waals surface area contributed by atoms with Crippen LogP contribution in [0.25, 0.3) is 11.6 Å². The summed E-state index contributed by atoms with van der Waals surface area (Å²) in [7, 11) is 0. The highest BCUT2D eigenvalue weighted by molar-refractivity contribution is 5.85. The number of unbranched alkanes of at least 4 members (excludes halogenated alkanes) is 1. The molecule has 0 atom stereocenters.